The maximum Gasteiger partial charge on any atom is 0.254 e. The van der Waals surface area contributed by atoms with Gasteiger partial charge in [-0.2, -0.15) is 0 Å². The van der Waals surface area contributed by atoms with Crippen molar-refractivity contribution in [1.82, 2.24) is 10.3 Å². The van der Waals surface area contributed by atoms with Crippen molar-refractivity contribution in [3.63, 3.8) is 0 Å². The molecule has 18 heavy (non-hydrogen) atoms. The summed E-state index contributed by atoms with van der Waals surface area (Å²) < 4.78 is 13.3. The van der Waals surface area contributed by atoms with Crippen LogP contribution < -0.4 is 5.32 Å². The zero-order chi connectivity index (χ0) is 13.6. The molecule has 1 heterocycles. The standard InChI is InChI=1S/C13H18ClFN2O/c1-13(2,5-3-6-14)9-17-12(18)10-4-7-16-8-11(10)15/h4,7-8H,3,5-6,9H2,1-2H3,(H,17,18). The lowest BCUT2D eigenvalue weighted by atomic mass is 9.88. The van der Waals surface area contributed by atoms with Crippen molar-refractivity contribution in [1.29, 1.82) is 0 Å². The second-order valence-corrected chi connectivity index (χ2v) is 5.37. The molecule has 0 bridgehead atoms. The van der Waals surface area contributed by atoms with E-state index in [9.17, 15) is 9.18 Å². The molecule has 0 aliphatic rings. The van der Waals surface area contributed by atoms with Gasteiger partial charge in [-0.05, 0) is 24.3 Å². The Kier molecular flexibility index (Phi) is 5.54. The summed E-state index contributed by atoms with van der Waals surface area (Å²) in [4.78, 5) is 15.4. The number of hydrogen-bond donors (Lipinski definition) is 1. The lowest BCUT2D eigenvalue weighted by Gasteiger charge is -2.24. The first-order valence-corrected chi connectivity index (χ1v) is 6.43. The summed E-state index contributed by atoms with van der Waals surface area (Å²) in [5.74, 6) is -0.404. The van der Waals surface area contributed by atoms with E-state index in [2.05, 4.69) is 10.3 Å². The lowest BCUT2D eigenvalue weighted by Crippen LogP contribution is -2.34. The van der Waals surface area contributed by atoms with E-state index in [1.807, 2.05) is 13.8 Å². The molecule has 100 valence electrons. The maximum atomic E-state index is 13.3. The van der Waals surface area contributed by atoms with Gasteiger partial charge in [0.05, 0.1) is 11.8 Å². The van der Waals surface area contributed by atoms with Crippen molar-refractivity contribution >= 4 is 17.5 Å². The Balaban J connectivity index is 2.54. The molecule has 0 spiro atoms. The second kappa shape index (κ2) is 6.69. The average molecular weight is 273 g/mol. The molecular formula is C13H18ClFN2O. The highest BCUT2D eigenvalue weighted by atomic mass is 35.5. The Morgan fingerprint density at radius 2 is 2.28 bits per heavy atom. The number of rotatable bonds is 6. The van der Waals surface area contributed by atoms with E-state index in [0.717, 1.165) is 19.0 Å². The minimum Gasteiger partial charge on any atom is -0.351 e. The highest BCUT2D eigenvalue weighted by Gasteiger charge is 2.19. The number of alkyl halides is 1. The van der Waals surface area contributed by atoms with Gasteiger partial charge < -0.3 is 5.32 Å². The molecular weight excluding hydrogens is 255 g/mol. The molecule has 1 rings (SSSR count). The number of aromatic nitrogens is 1. The molecule has 0 radical (unpaired) electrons. The van der Waals surface area contributed by atoms with E-state index in [-0.39, 0.29) is 11.0 Å². The fraction of sp³-hybridized carbons (Fsp3) is 0.538. The van der Waals surface area contributed by atoms with Crippen LogP contribution in [0.15, 0.2) is 18.5 Å². The van der Waals surface area contributed by atoms with Crippen LogP contribution >= 0.6 is 11.6 Å². The van der Waals surface area contributed by atoms with Crippen LogP contribution in [0.2, 0.25) is 0 Å². The van der Waals surface area contributed by atoms with E-state index < -0.39 is 11.7 Å². The minimum absolute atomic E-state index is 0.0261. The summed E-state index contributed by atoms with van der Waals surface area (Å²) in [5, 5.41) is 2.74. The van der Waals surface area contributed by atoms with Gasteiger partial charge in [0.2, 0.25) is 0 Å². The van der Waals surface area contributed by atoms with Crippen molar-refractivity contribution in [3.05, 3.63) is 29.8 Å². The topological polar surface area (TPSA) is 42.0 Å². The quantitative estimate of drug-likeness (QED) is 0.809. The van der Waals surface area contributed by atoms with Crippen LogP contribution in [-0.2, 0) is 0 Å². The summed E-state index contributed by atoms with van der Waals surface area (Å²) in [6.45, 7) is 4.58. The van der Waals surface area contributed by atoms with Gasteiger partial charge in [0, 0.05) is 18.6 Å². The van der Waals surface area contributed by atoms with Crippen molar-refractivity contribution in [2.75, 3.05) is 12.4 Å². The molecule has 0 aromatic carbocycles. The van der Waals surface area contributed by atoms with Gasteiger partial charge in [0.15, 0.2) is 5.82 Å². The van der Waals surface area contributed by atoms with Crippen LogP contribution in [-0.4, -0.2) is 23.3 Å². The first kappa shape index (κ1) is 14.9. The van der Waals surface area contributed by atoms with Crippen molar-refractivity contribution in [3.8, 4) is 0 Å². The third-order valence-electron chi connectivity index (χ3n) is 2.73. The highest BCUT2D eigenvalue weighted by molar-refractivity contribution is 6.17. The third kappa shape index (κ3) is 4.61. The zero-order valence-corrected chi connectivity index (χ0v) is 11.4. The Hall–Kier alpha value is -1.16. The van der Waals surface area contributed by atoms with Crippen molar-refractivity contribution in [2.45, 2.75) is 26.7 Å². The number of pyridine rings is 1. The van der Waals surface area contributed by atoms with E-state index in [1.165, 1.54) is 12.3 Å². The largest absolute Gasteiger partial charge is 0.351 e. The third-order valence-corrected chi connectivity index (χ3v) is 3.00. The lowest BCUT2D eigenvalue weighted by molar-refractivity contribution is 0.0930. The molecule has 3 nitrogen and oxygen atoms in total. The number of carbonyl (C=O) groups is 1. The monoisotopic (exact) mass is 272 g/mol. The molecule has 0 aliphatic heterocycles. The van der Waals surface area contributed by atoms with Crippen molar-refractivity contribution in [2.24, 2.45) is 5.41 Å². The molecule has 0 saturated carbocycles. The molecule has 0 aliphatic carbocycles. The Morgan fingerprint density at radius 3 is 2.89 bits per heavy atom. The zero-order valence-electron chi connectivity index (χ0n) is 10.7. The average Bonchev–Trinajstić information content (AvgIpc) is 2.34. The molecule has 1 N–H and O–H groups in total. The van der Waals surface area contributed by atoms with Gasteiger partial charge in [-0.1, -0.05) is 13.8 Å². The predicted molar refractivity (Wildman–Crippen MR) is 70.3 cm³/mol. The summed E-state index contributed by atoms with van der Waals surface area (Å²) in [7, 11) is 0. The van der Waals surface area contributed by atoms with Gasteiger partial charge in [0.25, 0.3) is 5.91 Å². The molecule has 0 saturated heterocycles. The Bertz CT molecular complexity index is 410. The summed E-state index contributed by atoms with van der Waals surface area (Å²) >= 11 is 5.64. The van der Waals surface area contributed by atoms with Gasteiger partial charge in [-0.3, -0.25) is 9.78 Å². The fourth-order valence-electron chi connectivity index (χ4n) is 1.61. The normalized spacial score (nSPS) is 11.3. The molecule has 1 aromatic heterocycles. The number of nitrogens with zero attached hydrogens (tertiary/aromatic N) is 1. The first-order valence-electron chi connectivity index (χ1n) is 5.90. The van der Waals surface area contributed by atoms with Crippen LogP contribution in [0.1, 0.15) is 37.0 Å². The highest BCUT2D eigenvalue weighted by Crippen LogP contribution is 2.21. The summed E-state index contributed by atoms with van der Waals surface area (Å²) in [5.41, 5.74) is -0.0215. The SMILES string of the molecule is CC(C)(CCCCl)CNC(=O)c1ccncc1F. The molecule has 0 atom stereocenters. The molecule has 5 heteroatoms. The van der Waals surface area contributed by atoms with E-state index in [1.54, 1.807) is 0 Å². The second-order valence-electron chi connectivity index (χ2n) is 4.99. The number of amides is 1. The van der Waals surface area contributed by atoms with E-state index >= 15 is 0 Å². The number of hydrogen-bond acceptors (Lipinski definition) is 2. The fourth-order valence-corrected chi connectivity index (χ4v) is 1.74. The van der Waals surface area contributed by atoms with Gasteiger partial charge in [0.1, 0.15) is 0 Å². The van der Waals surface area contributed by atoms with Crippen LogP contribution in [0.3, 0.4) is 0 Å². The molecule has 0 fully saturated rings. The number of nitrogens with one attached hydrogen (secondary N) is 1. The predicted octanol–water partition coefficient (Wildman–Crippen LogP) is 3.00. The summed E-state index contributed by atoms with van der Waals surface area (Å²) in [6, 6.07) is 1.37. The first-order chi connectivity index (χ1) is 8.46. The molecule has 1 aromatic rings. The Morgan fingerprint density at radius 1 is 1.56 bits per heavy atom. The van der Waals surface area contributed by atoms with Crippen molar-refractivity contribution < 1.29 is 9.18 Å². The maximum absolute atomic E-state index is 13.3. The molecule has 0 unspecified atom stereocenters. The van der Waals surface area contributed by atoms with Crippen LogP contribution in [0, 0.1) is 11.2 Å². The minimum atomic E-state index is -0.603. The van der Waals surface area contributed by atoms with Gasteiger partial charge in [-0.15, -0.1) is 11.6 Å². The van der Waals surface area contributed by atoms with Gasteiger partial charge in [-0.25, -0.2) is 4.39 Å². The molecule has 1 amide bonds. The number of halogens is 2. The van der Waals surface area contributed by atoms with Crippen LogP contribution in [0.5, 0.6) is 0 Å². The smallest absolute Gasteiger partial charge is 0.254 e. The van der Waals surface area contributed by atoms with Crippen LogP contribution in [0.25, 0.3) is 0 Å². The van der Waals surface area contributed by atoms with Crippen LogP contribution in [0.4, 0.5) is 4.39 Å². The Labute approximate surface area is 112 Å². The van der Waals surface area contributed by atoms with Gasteiger partial charge >= 0.3 is 0 Å². The summed E-state index contributed by atoms with van der Waals surface area (Å²) in [6.07, 6.45) is 4.24. The number of carbonyl (C=O) groups excluding carboxylic acids is 1. The van der Waals surface area contributed by atoms with E-state index in [0.29, 0.717) is 12.4 Å². The van der Waals surface area contributed by atoms with E-state index in [4.69, 9.17) is 11.6 Å².